The van der Waals surface area contributed by atoms with Crippen LogP contribution in [0.2, 0.25) is 0 Å². The van der Waals surface area contributed by atoms with Crippen molar-refractivity contribution in [3.63, 3.8) is 0 Å². The van der Waals surface area contributed by atoms with Gasteiger partial charge in [0.15, 0.2) is 0 Å². The van der Waals surface area contributed by atoms with Gasteiger partial charge in [-0.2, -0.15) is 4.31 Å². The first-order chi connectivity index (χ1) is 15.7. The third-order valence-electron chi connectivity index (χ3n) is 6.54. The molecule has 3 unspecified atom stereocenters. The summed E-state index contributed by atoms with van der Waals surface area (Å²) in [6.07, 6.45) is 3.27. The lowest BCUT2D eigenvalue weighted by Crippen LogP contribution is -2.41. The van der Waals surface area contributed by atoms with Gasteiger partial charge in [0.05, 0.1) is 10.9 Å². The monoisotopic (exact) mass is 472 g/mol. The molecule has 1 amide bonds. The second-order valence-corrected chi connectivity index (χ2v) is 11.0. The van der Waals surface area contributed by atoms with Crippen LogP contribution in [0.1, 0.15) is 55.3 Å². The maximum Gasteiger partial charge on any atom is 0.243 e. The fraction of sp³-hybridized carbons (Fsp3) is 0.458. The zero-order chi connectivity index (χ0) is 23.8. The number of hydrogen-bond donors (Lipinski definition) is 4. The number of hydrazine groups is 1. The van der Waals surface area contributed by atoms with Gasteiger partial charge in [0.2, 0.25) is 15.9 Å². The van der Waals surface area contributed by atoms with Crippen LogP contribution in [0.5, 0.6) is 5.75 Å². The Morgan fingerprint density at radius 3 is 2.55 bits per heavy atom. The number of rotatable bonds is 5. The summed E-state index contributed by atoms with van der Waals surface area (Å²) in [5, 5.41) is 13.3. The number of anilines is 1. The Morgan fingerprint density at radius 2 is 1.85 bits per heavy atom. The van der Waals surface area contributed by atoms with E-state index in [1.165, 1.54) is 0 Å². The smallest absolute Gasteiger partial charge is 0.243 e. The first kappa shape index (κ1) is 23.7. The SMILES string of the molecule is Cc1cc(C)c(O)c(C2CC(C(=O)Nc3ccc(S(=O)(=O)N4CCCCC4C)cc3)NN2)c1. The molecular formula is C24H32N4O4S. The van der Waals surface area contributed by atoms with Crippen molar-refractivity contribution in [3.8, 4) is 5.75 Å². The van der Waals surface area contributed by atoms with Crippen LogP contribution in [0.25, 0.3) is 0 Å². The Balaban J connectivity index is 1.40. The zero-order valence-electron chi connectivity index (χ0n) is 19.3. The maximum atomic E-state index is 13.0. The highest BCUT2D eigenvalue weighted by Crippen LogP contribution is 2.33. The van der Waals surface area contributed by atoms with Crippen molar-refractivity contribution < 1.29 is 18.3 Å². The van der Waals surface area contributed by atoms with E-state index in [-0.39, 0.29) is 28.6 Å². The minimum atomic E-state index is -3.55. The molecular weight excluding hydrogens is 440 g/mol. The molecule has 2 aromatic carbocycles. The summed E-state index contributed by atoms with van der Waals surface area (Å²) < 4.78 is 27.5. The van der Waals surface area contributed by atoms with E-state index in [9.17, 15) is 18.3 Å². The molecule has 2 fully saturated rings. The summed E-state index contributed by atoms with van der Waals surface area (Å²) >= 11 is 0. The van der Waals surface area contributed by atoms with Gasteiger partial charge in [0.1, 0.15) is 11.8 Å². The predicted molar refractivity (Wildman–Crippen MR) is 127 cm³/mol. The number of aromatic hydroxyl groups is 1. The van der Waals surface area contributed by atoms with Gasteiger partial charge < -0.3 is 10.4 Å². The number of sulfonamides is 1. The van der Waals surface area contributed by atoms with Crippen LogP contribution in [-0.4, -0.2) is 42.4 Å². The first-order valence-electron chi connectivity index (χ1n) is 11.4. The van der Waals surface area contributed by atoms with Crippen molar-refractivity contribution in [2.24, 2.45) is 0 Å². The number of aryl methyl sites for hydroxylation is 2. The molecule has 33 heavy (non-hydrogen) atoms. The molecule has 9 heteroatoms. The van der Waals surface area contributed by atoms with Crippen LogP contribution in [0.3, 0.4) is 0 Å². The summed E-state index contributed by atoms with van der Waals surface area (Å²) in [5.41, 5.74) is 9.24. The number of amides is 1. The summed E-state index contributed by atoms with van der Waals surface area (Å²) in [6, 6.07) is 9.47. The van der Waals surface area contributed by atoms with Gasteiger partial charge in [-0.15, -0.1) is 0 Å². The van der Waals surface area contributed by atoms with Gasteiger partial charge in [-0.1, -0.05) is 24.1 Å². The lowest BCUT2D eigenvalue weighted by Gasteiger charge is -2.32. The molecule has 2 aromatic rings. The van der Waals surface area contributed by atoms with E-state index in [2.05, 4.69) is 16.2 Å². The molecule has 8 nitrogen and oxygen atoms in total. The van der Waals surface area contributed by atoms with Gasteiger partial charge >= 0.3 is 0 Å². The third kappa shape index (κ3) is 4.91. The van der Waals surface area contributed by atoms with E-state index in [0.717, 1.165) is 36.0 Å². The largest absolute Gasteiger partial charge is 0.507 e. The maximum absolute atomic E-state index is 13.0. The lowest BCUT2D eigenvalue weighted by atomic mass is 9.96. The number of carbonyl (C=O) groups excluding carboxylic acids is 1. The van der Waals surface area contributed by atoms with E-state index >= 15 is 0 Å². The normalized spacial score (nSPS) is 24.0. The molecule has 2 aliphatic heterocycles. The predicted octanol–water partition coefficient (Wildman–Crippen LogP) is 3.12. The van der Waals surface area contributed by atoms with Crippen LogP contribution >= 0.6 is 0 Å². The number of phenolic OH excluding ortho intramolecular Hbond substituents is 1. The average Bonchev–Trinajstić information content (AvgIpc) is 3.27. The highest BCUT2D eigenvalue weighted by Gasteiger charge is 2.33. The van der Waals surface area contributed by atoms with Crippen molar-refractivity contribution in [3.05, 3.63) is 53.1 Å². The zero-order valence-corrected chi connectivity index (χ0v) is 20.1. The fourth-order valence-electron chi connectivity index (χ4n) is 4.69. The molecule has 0 bridgehead atoms. The van der Waals surface area contributed by atoms with E-state index in [0.29, 0.717) is 18.7 Å². The van der Waals surface area contributed by atoms with Crippen LogP contribution in [0, 0.1) is 13.8 Å². The van der Waals surface area contributed by atoms with Crippen LogP contribution < -0.4 is 16.2 Å². The molecule has 2 saturated heterocycles. The van der Waals surface area contributed by atoms with E-state index in [1.54, 1.807) is 28.6 Å². The summed E-state index contributed by atoms with van der Waals surface area (Å²) in [6.45, 7) is 6.31. The highest BCUT2D eigenvalue weighted by molar-refractivity contribution is 7.89. The van der Waals surface area contributed by atoms with E-state index < -0.39 is 16.1 Å². The molecule has 178 valence electrons. The number of nitrogens with zero attached hydrogens (tertiary/aromatic N) is 1. The van der Waals surface area contributed by atoms with Gasteiger partial charge in [0, 0.05) is 23.8 Å². The topological polar surface area (TPSA) is 111 Å². The third-order valence-corrected chi connectivity index (χ3v) is 8.57. The molecule has 3 atom stereocenters. The second kappa shape index (κ2) is 9.42. The Morgan fingerprint density at radius 1 is 1.12 bits per heavy atom. The molecule has 2 aliphatic rings. The highest BCUT2D eigenvalue weighted by atomic mass is 32.2. The van der Waals surface area contributed by atoms with Crippen molar-refractivity contribution in [1.82, 2.24) is 15.2 Å². The number of benzene rings is 2. The summed E-state index contributed by atoms with van der Waals surface area (Å²) in [5.74, 6) is 0.00917. The molecule has 0 aliphatic carbocycles. The molecule has 0 saturated carbocycles. The number of nitrogens with one attached hydrogen (secondary N) is 3. The van der Waals surface area contributed by atoms with Crippen LogP contribution in [0.4, 0.5) is 5.69 Å². The van der Waals surface area contributed by atoms with Gasteiger partial charge in [-0.25, -0.2) is 19.3 Å². The average molecular weight is 473 g/mol. The Kier molecular flexibility index (Phi) is 6.76. The van der Waals surface area contributed by atoms with Gasteiger partial charge in [-0.3, -0.25) is 4.79 Å². The molecule has 4 N–H and O–H groups in total. The fourth-order valence-corrected chi connectivity index (χ4v) is 6.39. The van der Waals surface area contributed by atoms with Gasteiger partial charge in [0.25, 0.3) is 0 Å². The van der Waals surface area contributed by atoms with E-state index in [4.69, 9.17) is 0 Å². The molecule has 0 aromatic heterocycles. The first-order valence-corrected chi connectivity index (χ1v) is 12.8. The Bertz CT molecular complexity index is 1130. The van der Waals surface area contributed by atoms with Crippen molar-refractivity contribution in [1.29, 1.82) is 0 Å². The molecule has 0 spiro atoms. The van der Waals surface area contributed by atoms with Crippen molar-refractivity contribution in [2.75, 3.05) is 11.9 Å². The quantitative estimate of drug-likeness (QED) is 0.532. The summed E-state index contributed by atoms with van der Waals surface area (Å²) in [4.78, 5) is 13.0. The Hall–Kier alpha value is -2.46. The van der Waals surface area contributed by atoms with Gasteiger partial charge in [-0.05, 0) is 69.9 Å². The Labute approximate surface area is 195 Å². The standard InChI is InChI=1S/C24H32N4O4S/c1-15-12-16(2)23(29)20(13-15)21-14-22(27-26-21)24(30)25-18-7-9-19(10-8-18)33(31,32)28-11-5-4-6-17(28)3/h7-10,12-13,17,21-22,26-27,29H,4-6,11,14H2,1-3H3,(H,25,30). The lowest BCUT2D eigenvalue weighted by molar-refractivity contribution is -0.117. The molecule has 4 rings (SSSR count). The van der Waals surface area contributed by atoms with Crippen molar-refractivity contribution >= 4 is 21.6 Å². The van der Waals surface area contributed by atoms with E-state index in [1.807, 2.05) is 32.9 Å². The number of carbonyl (C=O) groups is 1. The molecule has 0 radical (unpaired) electrons. The van der Waals surface area contributed by atoms with Crippen molar-refractivity contribution in [2.45, 2.75) is 69.5 Å². The van der Waals surface area contributed by atoms with Crippen LogP contribution in [-0.2, 0) is 14.8 Å². The second-order valence-electron chi connectivity index (χ2n) is 9.12. The number of hydrogen-bond acceptors (Lipinski definition) is 6. The minimum absolute atomic E-state index is 0.00589. The minimum Gasteiger partial charge on any atom is -0.507 e. The summed E-state index contributed by atoms with van der Waals surface area (Å²) in [7, 11) is -3.55. The molecule has 2 heterocycles. The van der Waals surface area contributed by atoms with Crippen LogP contribution in [0.15, 0.2) is 41.3 Å². The number of phenols is 1. The number of piperidine rings is 1.